The van der Waals surface area contributed by atoms with Crippen molar-refractivity contribution in [2.24, 2.45) is 5.73 Å². The molecule has 0 aliphatic carbocycles. The van der Waals surface area contributed by atoms with E-state index in [2.05, 4.69) is 4.98 Å². The Hall–Kier alpha value is -2.08. The average molecular weight is 253 g/mol. The average Bonchev–Trinajstić information content (AvgIpc) is 2.27. The summed E-state index contributed by atoms with van der Waals surface area (Å²) < 4.78 is 39.9. The Morgan fingerprint density at radius 2 is 1.72 bits per heavy atom. The number of hydrogen-bond acceptors (Lipinski definition) is 3. The molecule has 1 atom stereocenters. The van der Waals surface area contributed by atoms with Gasteiger partial charge in [0.1, 0.15) is 17.5 Å². The Morgan fingerprint density at radius 3 is 2.28 bits per heavy atom. The molecule has 0 fully saturated rings. The van der Waals surface area contributed by atoms with Crippen molar-refractivity contribution in [1.82, 2.24) is 4.98 Å². The molecule has 94 valence electrons. The number of nitrogens with zero attached hydrogens (tertiary/aromatic N) is 1. The van der Waals surface area contributed by atoms with Crippen molar-refractivity contribution in [2.45, 2.75) is 6.04 Å². The van der Waals surface area contributed by atoms with Crippen molar-refractivity contribution in [2.75, 3.05) is 5.73 Å². The van der Waals surface area contributed by atoms with E-state index in [1.807, 2.05) is 0 Å². The Kier molecular flexibility index (Phi) is 3.20. The highest BCUT2D eigenvalue weighted by Crippen LogP contribution is 2.28. The number of pyridine rings is 1. The fraction of sp³-hybridized carbons (Fsp3) is 0.0833. The van der Waals surface area contributed by atoms with Crippen molar-refractivity contribution in [3.8, 4) is 0 Å². The molecule has 1 heterocycles. The van der Waals surface area contributed by atoms with Crippen LogP contribution < -0.4 is 11.5 Å². The van der Waals surface area contributed by atoms with Gasteiger partial charge in [0.05, 0.1) is 6.04 Å². The molecule has 0 spiro atoms. The number of anilines is 1. The van der Waals surface area contributed by atoms with Crippen LogP contribution in [0.15, 0.2) is 30.6 Å². The van der Waals surface area contributed by atoms with Gasteiger partial charge in [0, 0.05) is 41.3 Å². The van der Waals surface area contributed by atoms with Crippen LogP contribution >= 0.6 is 0 Å². The molecule has 0 aliphatic rings. The summed E-state index contributed by atoms with van der Waals surface area (Å²) in [7, 11) is 0. The number of hydrogen-bond donors (Lipinski definition) is 2. The Bertz CT molecular complexity index is 564. The predicted molar refractivity (Wildman–Crippen MR) is 61.0 cm³/mol. The third kappa shape index (κ3) is 2.14. The lowest BCUT2D eigenvalue weighted by Gasteiger charge is -2.15. The minimum absolute atomic E-state index is 0.264. The second kappa shape index (κ2) is 4.66. The van der Waals surface area contributed by atoms with E-state index >= 15 is 0 Å². The molecule has 0 bridgehead atoms. The van der Waals surface area contributed by atoms with Gasteiger partial charge in [-0.25, -0.2) is 13.2 Å². The lowest BCUT2D eigenvalue weighted by molar-refractivity contribution is 0.515. The first-order valence-corrected chi connectivity index (χ1v) is 5.10. The Balaban J connectivity index is 2.53. The number of benzene rings is 1. The van der Waals surface area contributed by atoms with E-state index in [9.17, 15) is 13.2 Å². The summed E-state index contributed by atoms with van der Waals surface area (Å²) in [4.78, 5) is 3.79. The van der Waals surface area contributed by atoms with Crippen LogP contribution in [-0.4, -0.2) is 4.98 Å². The third-order valence-corrected chi connectivity index (χ3v) is 2.58. The highest BCUT2D eigenvalue weighted by molar-refractivity contribution is 5.49. The monoisotopic (exact) mass is 253 g/mol. The highest BCUT2D eigenvalue weighted by atomic mass is 19.1. The Morgan fingerprint density at radius 1 is 1.11 bits per heavy atom. The van der Waals surface area contributed by atoms with Gasteiger partial charge in [-0.2, -0.15) is 0 Å². The summed E-state index contributed by atoms with van der Waals surface area (Å²) >= 11 is 0. The van der Waals surface area contributed by atoms with Crippen molar-refractivity contribution >= 4 is 5.69 Å². The molecule has 0 saturated heterocycles. The molecule has 0 aliphatic heterocycles. The third-order valence-electron chi connectivity index (χ3n) is 2.58. The first-order chi connectivity index (χ1) is 8.50. The van der Waals surface area contributed by atoms with Gasteiger partial charge in [-0.1, -0.05) is 0 Å². The SMILES string of the molecule is Nc1ccncc1C(N)c1c(F)cc(F)cc1F. The number of nitrogens with two attached hydrogens (primary N) is 2. The van der Waals surface area contributed by atoms with Gasteiger partial charge in [0.15, 0.2) is 0 Å². The summed E-state index contributed by atoms with van der Waals surface area (Å²) in [6, 6.07) is 1.48. The van der Waals surface area contributed by atoms with Gasteiger partial charge >= 0.3 is 0 Å². The number of halogens is 3. The summed E-state index contributed by atoms with van der Waals surface area (Å²) in [5.74, 6) is -3.10. The molecule has 1 aromatic heterocycles. The van der Waals surface area contributed by atoms with Gasteiger partial charge in [0.2, 0.25) is 0 Å². The van der Waals surface area contributed by atoms with E-state index < -0.39 is 29.1 Å². The molecule has 0 saturated carbocycles. The first-order valence-electron chi connectivity index (χ1n) is 5.10. The van der Waals surface area contributed by atoms with Crippen molar-refractivity contribution in [1.29, 1.82) is 0 Å². The van der Waals surface area contributed by atoms with Gasteiger partial charge in [-0.05, 0) is 6.07 Å². The molecule has 1 unspecified atom stereocenters. The van der Waals surface area contributed by atoms with Gasteiger partial charge in [0.25, 0.3) is 0 Å². The van der Waals surface area contributed by atoms with E-state index in [1.54, 1.807) is 0 Å². The molecule has 3 nitrogen and oxygen atoms in total. The van der Waals surface area contributed by atoms with E-state index in [0.717, 1.165) is 0 Å². The zero-order chi connectivity index (χ0) is 13.3. The maximum absolute atomic E-state index is 13.6. The molecule has 6 heteroatoms. The Labute approximate surface area is 101 Å². The minimum atomic E-state index is -1.14. The van der Waals surface area contributed by atoms with Crippen LogP contribution in [0.3, 0.4) is 0 Å². The summed E-state index contributed by atoms with van der Waals surface area (Å²) in [6.07, 6.45) is 2.76. The summed E-state index contributed by atoms with van der Waals surface area (Å²) in [6.45, 7) is 0. The largest absolute Gasteiger partial charge is 0.398 e. The van der Waals surface area contributed by atoms with Gasteiger partial charge in [-0.3, -0.25) is 4.98 Å². The quantitative estimate of drug-likeness (QED) is 0.861. The molecule has 4 N–H and O–H groups in total. The topological polar surface area (TPSA) is 64.9 Å². The molecule has 18 heavy (non-hydrogen) atoms. The van der Waals surface area contributed by atoms with E-state index in [0.29, 0.717) is 12.1 Å². The minimum Gasteiger partial charge on any atom is -0.398 e. The van der Waals surface area contributed by atoms with Crippen LogP contribution in [0.5, 0.6) is 0 Å². The second-order valence-electron chi connectivity index (χ2n) is 3.77. The maximum Gasteiger partial charge on any atom is 0.134 e. The van der Waals surface area contributed by atoms with Gasteiger partial charge < -0.3 is 11.5 Å². The normalized spacial score (nSPS) is 12.4. The van der Waals surface area contributed by atoms with Crippen LogP contribution in [-0.2, 0) is 0 Å². The first kappa shape index (κ1) is 12.4. The predicted octanol–water partition coefficient (Wildman–Crippen LogP) is 2.13. The number of rotatable bonds is 2. The standard InChI is InChI=1S/C12H10F3N3/c13-6-3-8(14)11(9(15)4-6)12(17)7-5-18-2-1-10(7)16/h1-5,12H,17H2,(H2,16,18). The van der Waals surface area contributed by atoms with E-state index in [-0.39, 0.29) is 11.3 Å². The van der Waals surface area contributed by atoms with E-state index in [1.165, 1.54) is 18.5 Å². The number of aromatic nitrogens is 1. The lowest BCUT2D eigenvalue weighted by atomic mass is 9.98. The van der Waals surface area contributed by atoms with E-state index in [4.69, 9.17) is 11.5 Å². The zero-order valence-corrected chi connectivity index (χ0v) is 9.20. The summed E-state index contributed by atoms with van der Waals surface area (Å²) in [5.41, 5.74) is 11.5. The zero-order valence-electron chi connectivity index (χ0n) is 9.20. The van der Waals surface area contributed by atoms with Crippen LogP contribution in [0.4, 0.5) is 18.9 Å². The van der Waals surface area contributed by atoms with Crippen LogP contribution in [0.2, 0.25) is 0 Å². The van der Waals surface area contributed by atoms with Crippen LogP contribution in [0.1, 0.15) is 17.2 Å². The maximum atomic E-state index is 13.6. The molecular formula is C12H10F3N3. The highest BCUT2D eigenvalue weighted by Gasteiger charge is 2.21. The van der Waals surface area contributed by atoms with Gasteiger partial charge in [-0.15, -0.1) is 0 Å². The molecule has 2 aromatic rings. The molecule has 0 radical (unpaired) electrons. The number of nitrogen functional groups attached to an aromatic ring is 1. The lowest BCUT2D eigenvalue weighted by Crippen LogP contribution is -2.17. The smallest absolute Gasteiger partial charge is 0.134 e. The molecular weight excluding hydrogens is 243 g/mol. The van der Waals surface area contributed by atoms with Crippen LogP contribution in [0, 0.1) is 17.5 Å². The fourth-order valence-electron chi connectivity index (χ4n) is 1.68. The molecule has 2 rings (SSSR count). The summed E-state index contributed by atoms with van der Waals surface area (Å²) in [5, 5.41) is 0. The van der Waals surface area contributed by atoms with Crippen molar-refractivity contribution < 1.29 is 13.2 Å². The van der Waals surface area contributed by atoms with Crippen LogP contribution in [0.25, 0.3) is 0 Å². The molecule has 0 amide bonds. The molecule has 1 aromatic carbocycles. The second-order valence-corrected chi connectivity index (χ2v) is 3.77. The fourth-order valence-corrected chi connectivity index (χ4v) is 1.68. The van der Waals surface area contributed by atoms with Crippen molar-refractivity contribution in [3.63, 3.8) is 0 Å². The van der Waals surface area contributed by atoms with Crippen molar-refractivity contribution in [3.05, 3.63) is 59.2 Å².